The molecule has 21 heavy (non-hydrogen) atoms. The second-order valence-electron chi connectivity index (χ2n) is 4.66. The van der Waals surface area contributed by atoms with Crippen LogP contribution < -0.4 is 10.1 Å². The Kier molecular flexibility index (Phi) is 5.32. The number of urea groups is 1. The van der Waals surface area contributed by atoms with Gasteiger partial charge in [0.2, 0.25) is 0 Å². The molecule has 1 aliphatic rings. The van der Waals surface area contributed by atoms with Gasteiger partial charge in [0, 0.05) is 19.2 Å². The normalized spacial score (nSPS) is 18.4. The first kappa shape index (κ1) is 15.5. The van der Waals surface area contributed by atoms with E-state index in [1.54, 1.807) is 4.90 Å². The average Bonchev–Trinajstić information content (AvgIpc) is 2.47. The molecule has 1 unspecified atom stereocenters. The van der Waals surface area contributed by atoms with Gasteiger partial charge in [-0.2, -0.15) is 0 Å². The van der Waals surface area contributed by atoms with Gasteiger partial charge in [0.1, 0.15) is 18.5 Å². The molecule has 0 bridgehead atoms. The van der Waals surface area contributed by atoms with Crippen LogP contribution in [0.4, 0.5) is 13.6 Å². The van der Waals surface area contributed by atoms with Crippen molar-refractivity contribution in [3.05, 3.63) is 29.8 Å². The molecule has 0 radical (unpaired) electrons. The molecule has 0 aromatic heterocycles. The molecule has 116 valence electrons. The van der Waals surface area contributed by atoms with E-state index in [1.165, 1.54) is 6.07 Å². The van der Waals surface area contributed by atoms with E-state index < -0.39 is 11.6 Å². The van der Waals surface area contributed by atoms with E-state index >= 15 is 0 Å². The number of nitrogens with zero attached hydrogens (tertiary/aromatic N) is 1. The highest BCUT2D eigenvalue weighted by atomic mass is 19.1. The number of carbonyl (C=O) groups is 1. The first-order valence-corrected chi connectivity index (χ1v) is 6.82. The van der Waals surface area contributed by atoms with Gasteiger partial charge in [-0.3, -0.25) is 0 Å². The van der Waals surface area contributed by atoms with E-state index in [0.717, 1.165) is 12.1 Å². The van der Waals surface area contributed by atoms with Crippen LogP contribution in [-0.4, -0.2) is 49.9 Å². The summed E-state index contributed by atoms with van der Waals surface area (Å²) >= 11 is 0. The SMILES string of the molecule is CCNC(=O)N1CCOC(COc2ccc(F)cc2F)C1. The molecule has 0 aliphatic carbocycles. The van der Waals surface area contributed by atoms with Crippen LogP contribution in [0.15, 0.2) is 18.2 Å². The largest absolute Gasteiger partial charge is 0.488 e. The van der Waals surface area contributed by atoms with Crippen LogP contribution in [0.25, 0.3) is 0 Å². The predicted molar refractivity (Wildman–Crippen MR) is 72.2 cm³/mol. The first-order valence-electron chi connectivity index (χ1n) is 6.82. The third-order valence-electron chi connectivity index (χ3n) is 3.07. The number of morpholine rings is 1. The third kappa shape index (κ3) is 4.29. The zero-order valence-electron chi connectivity index (χ0n) is 11.8. The Bertz CT molecular complexity index is 499. The zero-order chi connectivity index (χ0) is 15.2. The van der Waals surface area contributed by atoms with Crippen molar-refractivity contribution in [2.24, 2.45) is 0 Å². The van der Waals surface area contributed by atoms with Crippen LogP contribution >= 0.6 is 0 Å². The van der Waals surface area contributed by atoms with Crippen LogP contribution in [0.1, 0.15) is 6.92 Å². The molecule has 1 N–H and O–H groups in total. The Hall–Kier alpha value is -1.89. The summed E-state index contributed by atoms with van der Waals surface area (Å²) in [6, 6.07) is 2.97. The quantitative estimate of drug-likeness (QED) is 0.922. The molecule has 7 heteroatoms. The molecule has 1 saturated heterocycles. The summed E-state index contributed by atoms with van der Waals surface area (Å²) in [5.74, 6) is -1.45. The number of carbonyl (C=O) groups excluding carboxylic acids is 1. The second-order valence-corrected chi connectivity index (χ2v) is 4.66. The van der Waals surface area contributed by atoms with Gasteiger partial charge in [0.15, 0.2) is 11.6 Å². The number of ether oxygens (including phenoxy) is 2. The Morgan fingerprint density at radius 1 is 1.52 bits per heavy atom. The predicted octanol–water partition coefficient (Wildman–Crippen LogP) is 1.77. The zero-order valence-corrected chi connectivity index (χ0v) is 11.8. The fourth-order valence-electron chi connectivity index (χ4n) is 2.04. The van der Waals surface area contributed by atoms with Crippen LogP contribution in [-0.2, 0) is 4.74 Å². The average molecular weight is 300 g/mol. The van der Waals surface area contributed by atoms with Crippen molar-refractivity contribution in [1.29, 1.82) is 0 Å². The molecule has 0 spiro atoms. The fourth-order valence-corrected chi connectivity index (χ4v) is 2.04. The summed E-state index contributed by atoms with van der Waals surface area (Å²) in [6.45, 7) is 3.77. The number of rotatable bonds is 4. The summed E-state index contributed by atoms with van der Waals surface area (Å²) in [5.41, 5.74) is 0. The standard InChI is InChI=1S/C14H18F2N2O3/c1-2-17-14(19)18-5-6-20-11(8-18)9-21-13-4-3-10(15)7-12(13)16/h3-4,7,11H,2,5-6,8-9H2,1H3,(H,17,19). The van der Waals surface area contributed by atoms with E-state index in [2.05, 4.69) is 5.32 Å². The van der Waals surface area contributed by atoms with Gasteiger partial charge < -0.3 is 19.7 Å². The van der Waals surface area contributed by atoms with E-state index in [0.29, 0.717) is 26.2 Å². The lowest BCUT2D eigenvalue weighted by molar-refractivity contribution is -0.0356. The maximum atomic E-state index is 13.4. The lowest BCUT2D eigenvalue weighted by atomic mass is 10.3. The minimum atomic E-state index is -0.758. The van der Waals surface area contributed by atoms with Gasteiger partial charge in [-0.1, -0.05) is 0 Å². The van der Waals surface area contributed by atoms with Crippen molar-refractivity contribution in [1.82, 2.24) is 10.2 Å². The van der Waals surface area contributed by atoms with Crippen molar-refractivity contribution >= 4 is 6.03 Å². The summed E-state index contributed by atoms with van der Waals surface area (Å²) in [7, 11) is 0. The van der Waals surface area contributed by atoms with Crippen LogP contribution in [0.5, 0.6) is 5.75 Å². The molecule has 1 heterocycles. The minimum absolute atomic E-state index is 0.0323. The highest BCUT2D eigenvalue weighted by molar-refractivity contribution is 5.74. The van der Waals surface area contributed by atoms with E-state index in [9.17, 15) is 13.6 Å². The van der Waals surface area contributed by atoms with Crippen LogP contribution in [0.3, 0.4) is 0 Å². The van der Waals surface area contributed by atoms with Gasteiger partial charge in [-0.25, -0.2) is 13.6 Å². The summed E-state index contributed by atoms with van der Waals surface area (Å²) in [4.78, 5) is 13.4. The van der Waals surface area contributed by atoms with Crippen LogP contribution in [0.2, 0.25) is 0 Å². The number of amides is 2. The number of hydrogen-bond donors (Lipinski definition) is 1. The van der Waals surface area contributed by atoms with Crippen molar-refractivity contribution in [3.8, 4) is 5.75 Å². The minimum Gasteiger partial charge on any atom is -0.488 e. The van der Waals surface area contributed by atoms with Crippen molar-refractivity contribution in [2.45, 2.75) is 13.0 Å². The van der Waals surface area contributed by atoms with E-state index in [4.69, 9.17) is 9.47 Å². The summed E-state index contributed by atoms with van der Waals surface area (Å²) < 4.78 is 37.0. The second kappa shape index (κ2) is 7.21. The molecular weight excluding hydrogens is 282 g/mol. The maximum absolute atomic E-state index is 13.4. The van der Waals surface area contributed by atoms with Gasteiger partial charge in [0.25, 0.3) is 0 Å². The van der Waals surface area contributed by atoms with Crippen molar-refractivity contribution in [3.63, 3.8) is 0 Å². The lowest BCUT2D eigenvalue weighted by Gasteiger charge is -2.32. The number of benzene rings is 1. The molecule has 1 aliphatic heterocycles. The van der Waals surface area contributed by atoms with E-state index in [1.807, 2.05) is 6.92 Å². The fraction of sp³-hybridized carbons (Fsp3) is 0.500. The van der Waals surface area contributed by atoms with E-state index in [-0.39, 0.29) is 24.5 Å². The molecule has 1 atom stereocenters. The Labute approximate surface area is 121 Å². The molecule has 2 rings (SSSR count). The Morgan fingerprint density at radius 2 is 2.33 bits per heavy atom. The molecule has 1 aromatic rings. The number of halogens is 2. The van der Waals surface area contributed by atoms with Gasteiger partial charge in [-0.05, 0) is 19.1 Å². The summed E-state index contributed by atoms with van der Waals surface area (Å²) in [6.07, 6.45) is -0.342. The third-order valence-corrected chi connectivity index (χ3v) is 3.07. The van der Waals surface area contributed by atoms with Gasteiger partial charge in [-0.15, -0.1) is 0 Å². The van der Waals surface area contributed by atoms with Crippen molar-refractivity contribution < 1.29 is 23.0 Å². The maximum Gasteiger partial charge on any atom is 0.317 e. The summed E-state index contributed by atoms with van der Waals surface area (Å²) in [5, 5.41) is 2.71. The highest BCUT2D eigenvalue weighted by Crippen LogP contribution is 2.18. The molecular formula is C14H18F2N2O3. The lowest BCUT2D eigenvalue weighted by Crippen LogP contribution is -2.51. The molecule has 2 amide bonds. The highest BCUT2D eigenvalue weighted by Gasteiger charge is 2.24. The topological polar surface area (TPSA) is 50.8 Å². The smallest absolute Gasteiger partial charge is 0.317 e. The van der Waals surface area contributed by atoms with Gasteiger partial charge in [0.05, 0.1) is 13.2 Å². The molecule has 1 aromatic carbocycles. The molecule has 1 fully saturated rings. The number of nitrogens with one attached hydrogen (secondary N) is 1. The Balaban J connectivity index is 1.86. The van der Waals surface area contributed by atoms with Crippen molar-refractivity contribution in [2.75, 3.05) is 32.8 Å². The Morgan fingerprint density at radius 3 is 3.05 bits per heavy atom. The molecule has 0 saturated carbocycles. The number of hydrogen-bond acceptors (Lipinski definition) is 3. The first-order chi connectivity index (χ1) is 10.1. The monoisotopic (exact) mass is 300 g/mol. The molecule has 5 nitrogen and oxygen atoms in total. The van der Waals surface area contributed by atoms with Gasteiger partial charge >= 0.3 is 6.03 Å². The van der Waals surface area contributed by atoms with Crippen LogP contribution in [0, 0.1) is 11.6 Å².